The van der Waals surface area contributed by atoms with Crippen LogP contribution in [0.15, 0.2) is 222 Å². The molecule has 0 saturated carbocycles. The molecular formula is C61H53N3O7S2. The lowest BCUT2D eigenvalue weighted by Crippen LogP contribution is -2.26. The lowest BCUT2D eigenvalue weighted by Gasteiger charge is -2.35. The lowest BCUT2D eigenvalue weighted by atomic mass is 10.0. The van der Waals surface area contributed by atoms with Gasteiger partial charge >= 0.3 is 0 Å². The molecule has 10 rings (SSSR count). The third-order valence-corrected chi connectivity index (χ3v) is 15.6. The Morgan fingerprint density at radius 2 is 0.767 bits per heavy atom. The molecule has 10 nitrogen and oxygen atoms in total. The maximum Gasteiger partial charge on any atom is 0.272 e. The fourth-order valence-electron chi connectivity index (χ4n) is 9.42. The molecule has 73 heavy (non-hydrogen) atoms. The van der Waals surface area contributed by atoms with Gasteiger partial charge in [-0.2, -0.15) is 8.42 Å². The molecule has 0 spiro atoms. The summed E-state index contributed by atoms with van der Waals surface area (Å²) in [6.07, 6.45) is 0.142. The van der Waals surface area contributed by atoms with E-state index >= 15 is 0 Å². The third-order valence-electron chi connectivity index (χ3n) is 13.1. The Labute approximate surface area is 431 Å². The molecule has 1 atom stereocenters. The monoisotopic (exact) mass is 1000 g/mol. The Kier molecular flexibility index (Phi) is 14.1. The van der Waals surface area contributed by atoms with Crippen molar-refractivity contribution in [2.24, 2.45) is 0 Å². The number of ether oxygens (including phenoxy) is 4. The molecule has 9 aromatic rings. The number of nitrogens with zero attached hydrogens (tertiary/aromatic N) is 3. The van der Waals surface area contributed by atoms with Gasteiger partial charge in [-0.15, -0.1) is 0 Å². The first-order chi connectivity index (χ1) is 35.6. The molecule has 1 N–H and O–H groups in total. The summed E-state index contributed by atoms with van der Waals surface area (Å²) in [5.41, 5.74) is 12.3. The van der Waals surface area contributed by atoms with E-state index in [9.17, 15) is 13.0 Å². The van der Waals surface area contributed by atoms with Crippen LogP contribution in [-0.4, -0.2) is 48.0 Å². The van der Waals surface area contributed by atoms with E-state index in [2.05, 4.69) is 99.6 Å². The molecule has 1 heterocycles. The molecule has 1 aliphatic rings. The molecule has 0 amide bonds. The smallest absolute Gasteiger partial charge is 0.272 e. The molecule has 0 aliphatic carbocycles. The van der Waals surface area contributed by atoms with Crippen molar-refractivity contribution in [1.29, 1.82) is 0 Å². The van der Waals surface area contributed by atoms with Gasteiger partial charge in [0.25, 0.3) is 10.1 Å². The number of anilines is 8. The second kappa shape index (κ2) is 21.3. The van der Waals surface area contributed by atoms with Gasteiger partial charge in [-0.05, 0) is 168 Å². The quantitative estimate of drug-likeness (QED) is 0.0883. The predicted octanol–water partition coefficient (Wildman–Crippen LogP) is 15.6. The molecule has 0 radical (unpaired) electrons. The van der Waals surface area contributed by atoms with Crippen molar-refractivity contribution in [2.45, 2.75) is 21.5 Å². The largest absolute Gasteiger partial charge is 0.497 e. The molecule has 12 heteroatoms. The number of hydrogen-bond acceptors (Lipinski definition) is 10. The van der Waals surface area contributed by atoms with Crippen LogP contribution in [0.3, 0.4) is 0 Å². The fourth-order valence-corrected chi connectivity index (χ4v) is 11.7. The van der Waals surface area contributed by atoms with Crippen molar-refractivity contribution in [3.8, 4) is 45.3 Å². The van der Waals surface area contributed by atoms with Crippen molar-refractivity contribution >= 4 is 67.4 Å². The summed E-state index contributed by atoms with van der Waals surface area (Å²) in [7, 11) is 2.19. The average Bonchev–Trinajstić information content (AvgIpc) is 3.44. The maximum atomic E-state index is 13.1. The summed E-state index contributed by atoms with van der Waals surface area (Å²) in [5, 5.41) is -1.12. The van der Waals surface area contributed by atoms with Gasteiger partial charge in [0.1, 0.15) is 28.2 Å². The Morgan fingerprint density at radius 1 is 0.438 bits per heavy atom. The number of rotatable bonds is 17. The standard InChI is InChI=1S/C61H53N3O7S2/c1-68-51-32-24-47(25-33-51)63(48-26-34-52(69-2)35-27-48)45-20-16-42(17-21-45)55-12-8-14-57-60(55)72-61-56(13-9-15-58(61)62(57)41-40-59(73(65,66)67)44-10-6-5-7-11-44)43-18-22-46(23-19-43)64(49-28-36-53(70-3)37-29-49)50-30-38-54(71-4)39-31-50/h5-39,59H,40-41H2,1-4H3,(H,65,66,67). The first kappa shape index (κ1) is 48.5. The Bertz CT molecular complexity index is 3150. The van der Waals surface area contributed by atoms with Gasteiger partial charge in [-0.1, -0.05) is 90.6 Å². The van der Waals surface area contributed by atoms with E-state index < -0.39 is 15.4 Å². The highest BCUT2D eigenvalue weighted by Gasteiger charge is 2.32. The summed E-state index contributed by atoms with van der Waals surface area (Å²) in [6, 6.07) is 70.6. The molecule has 9 aromatic carbocycles. The Hall–Kier alpha value is -8.16. The van der Waals surface area contributed by atoms with E-state index in [1.54, 1.807) is 64.5 Å². The Balaban J connectivity index is 1.05. The maximum absolute atomic E-state index is 13.1. The van der Waals surface area contributed by atoms with Crippen molar-refractivity contribution in [3.05, 3.63) is 218 Å². The van der Waals surface area contributed by atoms with Crippen LogP contribution in [0.25, 0.3) is 22.3 Å². The summed E-state index contributed by atoms with van der Waals surface area (Å²) in [5.74, 6) is 3.08. The lowest BCUT2D eigenvalue weighted by molar-refractivity contribution is 0.414. The van der Waals surface area contributed by atoms with Crippen molar-refractivity contribution in [1.82, 2.24) is 0 Å². The zero-order chi connectivity index (χ0) is 50.5. The van der Waals surface area contributed by atoms with E-state index in [0.29, 0.717) is 12.1 Å². The van der Waals surface area contributed by atoms with Gasteiger partial charge < -0.3 is 33.6 Å². The number of benzene rings is 9. The van der Waals surface area contributed by atoms with Crippen LogP contribution >= 0.6 is 11.8 Å². The van der Waals surface area contributed by atoms with Crippen molar-refractivity contribution in [2.75, 3.05) is 49.7 Å². The summed E-state index contributed by atoms with van der Waals surface area (Å²) in [4.78, 5) is 8.66. The van der Waals surface area contributed by atoms with Crippen molar-refractivity contribution in [3.63, 3.8) is 0 Å². The minimum atomic E-state index is -4.46. The van der Waals surface area contributed by atoms with Gasteiger partial charge in [0, 0.05) is 50.5 Å². The molecule has 1 unspecified atom stereocenters. The molecule has 0 aromatic heterocycles. The van der Waals surface area contributed by atoms with Crippen LogP contribution in [0.4, 0.5) is 45.5 Å². The van der Waals surface area contributed by atoms with E-state index in [1.165, 1.54) is 0 Å². The van der Waals surface area contributed by atoms with Crippen LogP contribution in [0.2, 0.25) is 0 Å². The van der Waals surface area contributed by atoms with Gasteiger partial charge in [0.05, 0.1) is 39.8 Å². The van der Waals surface area contributed by atoms with E-state index in [0.717, 1.165) is 101 Å². The first-order valence-electron chi connectivity index (χ1n) is 23.7. The molecule has 0 bridgehead atoms. The second-order valence-electron chi connectivity index (χ2n) is 17.3. The second-order valence-corrected chi connectivity index (χ2v) is 19.9. The number of hydrogen-bond donors (Lipinski definition) is 1. The predicted molar refractivity (Wildman–Crippen MR) is 296 cm³/mol. The van der Waals surface area contributed by atoms with Crippen LogP contribution in [0.5, 0.6) is 23.0 Å². The minimum absolute atomic E-state index is 0.142. The third kappa shape index (κ3) is 10.2. The number of fused-ring (bicyclic) bond motifs is 2. The molecule has 0 fully saturated rings. The average molecular weight is 1000 g/mol. The molecule has 1 aliphatic heterocycles. The van der Waals surface area contributed by atoms with Gasteiger partial charge in [-0.3, -0.25) is 4.55 Å². The molecule has 366 valence electrons. The van der Waals surface area contributed by atoms with Gasteiger partial charge in [0.2, 0.25) is 0 Å². The highest BCUT2D eigenvalue weighted by molar-refractivity contribution is 8.00. The van der Waals surface area contributed by atoms with Crippen LogP contribution < -0.4 is 33.6 Å². The zero-order valence-electron chi connectivity index (χ0n) is 40.8. The first-order valence-corrected chi connectivity index (χ1v) is 26.1. The van der Waals surface area contributed by atoms with Crippen LogP contribution in [0, 0.1) is 0 Å². The van der Waals surface area contributed by atoms with E-state index in [-0.39, 0.29) is 6.42 Å². The van der Waals surface area contributed by atoms with Crippen LogP contribution in [0.1, 0.15) is 17.2 Å². The van der Waals surface area contributed by atoms with Gasteiger partial charge in [0.15, 0.2) is 0 Å². The fraction of sp³-hybridized carbons (Fsp3) is 0.115. The summed E-state index contributed by atoms with van der Waals surface area (Å²) >= 11 is 1.71. The normalized spacial score (nSPS) is 12.3. The number of methoxy groups -OCH3 is 4. The summed E-state index contributed by atoms with van der Waals surface area (Å²) in [6.45, 7) is 0.308. The summed E-state index contributed by atoms with van der Waals surface area (Å²) < 4.78 is 58.9. The van der Waals surface area contributed by atoms with Crippen molar-refractivity contribution < 1.29 is 31.9 Å². The molecule has 0 saturated heterocycles. The van der Waals surface area contributed by atoms with E-state index in [4.69, 9.17) is 18.9 Å². The highest BCUT2D eigenvalue weighted by atomic mass is 32.2. The minimum Gasteiger partial charge on any atom is -0.497 e. The highest BCUT2D eigenvalue weighted by Crippen LogP contribution is 2.55. The topological polar surface area (TPSA) is 101 Å². The SMILES string of the molecule is COc1ccc(N(c2ccc(OC)cc2)c2ccc(-c3cccc4c3Sc3c(-c5ccc(N(c6ccc(OC)cc6)c6ccc(OC)cc6)cc5)cccc3N4CCC(c3ccccc3)S(=O)(=O)O)cc2)cc1. The molecular weight excluding hydrogens is 951 g/mol. The van der Waals surface area contributed by atoms with E-state index in [1.807, 2.05) is 103 Å². The zero-order valence-corrected chi connectivity index (χ0v) is 42.4. The van der Waals surface area contributed by atoms with Gasteiger partial charge in [-0.25, -0.2) is 0 Å². The Morgan fingerprint density at radius 3 is 1.08 bits per heavy atom. The van der Waals surface area contributed by atoms with Crippen LogP contribution in [-0.2, 0) is 10.1 Å².